The number of carbonyl (C=O) groups excluding carboxylic acids is 1. The lowest BCUT2D eigenvalue weighted by Crippen LogP contribution is -2.32. The number of nitro groups is 1. The van der Waals surface area contributed by atoms with E-state index >= 15 is 0 Å². The Balaban J connectivity index is 1.91. The number of carbonyl (C=O) groups is 1. The van der Waals surface area contributed by atoms with Crippen LogP contribution in [0, 0.1) is 17.0 Å². The highest BCUT2D eigenvalue weighted by Crippen LogP contribution is 2.21. The number of amides is 2. The Kier molecular flexibility index (Phi) is 5.05. The van der Waals surface area contributed by atoms with E-state index in [-0.39, 0.29) is 17.6 Å². The smallest absolute Gasteiger partial charge is 0.319 e. The van der Waals surface area contributed by atoms with Crippen LogP contribution in [0.25, 0.3) is 0 Å². The molecule has 1 aromatic heterocycles. The maximum absolute atomic E-state index is 11.9. The van der Waals surface area contributed by atoms with E-state index in [4.69, 9.17) is 0 Å². The molecule has 2 rings (SSSR count). The molecule has 1 heterocycles. The Morgan fingerprint density at radius 3 is 2.86 bits per heavy atom. The fourth-order valence-electron chi connectivity index (χ4n) is 1.88. The minimum Gasteiger partial charge on any atom is -0.337 e. The minimum atomic E-state index is -0.466. The van der Waals surface area contributed by atoms with Gasteiger partial charge in [-0.25, -0.2) is 9.78 Å². The Labute approximate surface area is 131 Å². The quantitative estimate of drug-likeness (QED) is 0.652. The molecule has 1 unspecified atom stereocenters. The van der Waals surface area contributed by atoms with Gasteiger partial charge in [0.1, 0.15) is 0 Å². The number of hydrogen-bond acceptors (Lipinski definition) is 5. The third-order valence-electron chi connectivity index (χ3n) is 3.11. The van der Waals surface area contributed by atoms with E-state index in [1.807, 2.05) is 12.3 Å². The molecule has 7 nitrogen and oxygen atoms in total. The highest BCUT2D eigenvalue weighted by molar-refractivity contribution is 7.09. The number of anilines is 1. The maximum Gasteiger partial charge on any atom is 0.319 e. The molecule has 2 amide bonds. The zero-order valence-corrected chi connectivity index (χ0v) is 13.0. The summed E-state index contributed by atoms with van der Waals surface area (Å²) in [6.07, 6.45) is 1.73. The van der Waals surface area contributed by atoms with Gasteiger partial charge in [-0.1, -0.05) is 6.92 Å². The van der Waals surface area contributed by atoms with Gasteiger partial charge in [-0.3, -0.25) is 10.1 Å². The number of nitrogens with one attached hydrogen (secondary N) is 2. The minimum absolute atomic E-state index is 0.000787. The van der Waals surface area contributed by atoms with Crippen LogP contribution in [-0.4, -0.2) is 22.5 Å². The van der Waals surface area contributed by atoms with Crippen LogP contribution in [0.4, 0.5) is 16.2 Å². The van der Waals surface area contributed by atoms with Crippen molar-refractivity contribution in [1.82, 2.24) is 10.3 Å². The van der Waals surface area contributed by atoms with Crippen LogP contribution < -0.4 is 10.6 Å². The molecule has 2 aromatic rings. The predicted octanol–water partition coefficient (Wildman–Crippen LogP) is 3.28. The molecule has 0 radical (unpaired) electrons. The van der Waals surface area contributed by atoms with Gasteiger partial charge in [0.25, 0.3) is 5.69 Å². The fraction of sp³-hybridized carbons (Fsp3) is 0.286. The topological polar surface area (TPSA) is 97.2 Å². The van der Waals surface area contributed by atoms with Crippen LogP contribution in [0.2, 0.25) is 0 Å². The van der Waals surface area contributed by atoms with Gasteiger partial charge in [0, 0.05) is 41.9 Å². The van der Waals surface area contributed by atoms with Crippen LogP contribution >= 0.6 is 11.3 Å². The number of rotatable bonds is 5. The van der Waals surface area contributed by atoms with Crippen molar-refractivity contribution in [3.8, 4) is 0 Å². The third-order valence-corrected chi connectivity index (χ3v) is 4.12. The second kappa shape index (κ2) is 6.99. The monoisotopic (exact) mass is 320 g/mol. The van der Waals surface area contributed by atoms with E-state index in [9.17, 15) is 14.9 Å². The summed E-state index contributed by atoms with van der Waals surface area (Å²) in [5.74, 6) is 0.128. The van der Waals surface area contributed by atoms with E-state index in [1.54, 1.807) is 24.5 Å². The lowest BCUT2D eigenvalue weighted by molar-refractivity contribution is -0.384. The van der Waals surface area contributed by atoms with E-state index in [2.05, 4.69) is 15.6 Å². The van der Waals surface area contributed by atoms with Crippen LogP contribution in [-0.2, 0) is 0 Å². The van der Waals surface area contributed by atoms with Crippen molar-refractivity contribution in [3.63, 3.8) is 0 Å². The molecule has 1 aromatic carbocycles. The summed E-state index contributed by atoms with van der Waals surface area (Å²) >= 11 is 1.55. The van der Waals surface area contributed by atoms with E-state index in [0.29, 0.717) is 17.8 Å². The van der Waals surface area contributed by atoms with Gasteiger partial charge >= 0.3 is 6.03 Å². The molecule has 0 saturated carbocycles. The molecule has 0 spiro atoms. The van der Waals surface area contributed by atoms with Crippen molar-refractivity contribution in [2.24, 2.45) is 0 Å². The summed E-state index contributed by atoms with van der Waals surface area (Å²) in [6.45, 7) is 4.16. The SMILES string of the molecule is Cc1cc([N+](=O)[O-])ccc1NC(=O)NCC(C)c1nccs1. The Bertz CT molecular complexity index is 673. The molecular weight excluding hydrogens is 304 g/mol. The van der Waals surface area contributed by atoms with Gasteiger partial charge in [0.2, 0.25) is 0 Å². The molecule has 22 heavy (non-hydrogen) atoms. The number of non-ortho nitro benzene ring substituents is 1. The summed E-state index contributed by atoms with van der Waals surface area (Å²) in [6, 6.07) is 3.96. The molecule has 1 atom stereocenters. The highest BCUT2D eigenvalue weighted by Gasteiger charge is 2.12. The number of aromatic nitrogens is 1. The van der Waals surface area contributed by atoms with Crippen molar-refractivity contribution >= 4 is 28.7 Å². The van der Waals surface area contributed by atoms with Crippen LogP contribution in [0.15, 0.2) is 29.8 Å². The molecule has 8 heteroatoms. The van der Waals surface area contributed by atoms with Crippen LogP contribution in [0.5, 0.6) is 0 Å². The summed E-state index contributed by atoms with van der Waals surface area (Å²) in [5, 5.41) is 19.0. The Hall–Kier alpha value is -2.48. The van der Waals surface area contributed by atoms with E-state index < -0.39 is 4.92 Å². The summed E-state index contributed by atoms with van der Waals surface area (Å²) in [7, 11) is 0. The number of benzene rings is 1. The first-order chi connectivity index (χ1) is 10.5. The first kappa shape index (κ1) is 15.9. The largest absolute Gasteiger partial charge is 0.337 e. The fourth-order valence-corrected chi connectivity index (χ4v) is 2.58. The lowest BCUT2D eigenvalue weighted by atomic mass is 10.2. The predicted molar refractivity (Wildman–Crippen MR) is 85.4 cm³/mol. The van der Waals surface area contributed by atoms with Crippen molar-refractivity contribution in [1.29, 1.82) is 0 Å². The third kappa shape index (κ3) is 4.01. The Morgan fingerprint density at radius 1 is 1.50 bits per heavy atom. The van der Waals surface area contributed by atoms with Gasteiger partial charge in [-0.15, -0.1) is 11.3 Å². The van der Waals surface area contributed by atoms with Gasteiger partial charge in [-0.05, 0) is 18.6 Å². The molecular formula is C14H16N4O3S. The van der Waals surface area contributed by atoms with Crippen molar-refractivity contribution in [3.05, 3.63) is 50.5 Å². The number of urea groups is 1. The average Bonchev–Trinajstić information content (AvgIpc) is 3.01. The van der Waals surface area contributed by atoms with Gasteiger partial charge < -0.3 is 10.6 Å². The van der Waals surface area contributed by atoms with Gasteiger partial charge in [0.05, 0.1) is 9.93 Å². The molecule has 0 aliphatic rings. The average molecular weight is 320 g/mol. The Morgan fingerprint density at radius 2 is 2.27 bits per heavy atom. The van der Waals surface area contributed by atoms with Crippen molar-refractivity contribution in [2.75, 3.05) is 11.9 Å². The van der Waals surface area contributed by atoms with Crippen LogP contribution in [0.1, 0.15) is 23.4 Å². The summed E-state index contributed by atoms with van der Waals surface area (Å²) in [4.78, 5) is 26.3. The van der Waals surface area contributed by atoms with E-state index in [1.165, 1.54) is 18.2 Å². The number of hydrogen-bond donors (Lipinski definition) is 2. The van der Waals surface area contributed by atoms with Crippen molar-refractivity contribution in [2.45, 2.75) is 19.8 Å². The summed E-state index contributed by atoms with van der Waals surface area (Å²) in [5.41, 5.74) is 1.18. The zero-order valence-electron chi connectivity index (χ0n) is 12.2. The van der Waals surface area contributed by atoms with Crippen LogP contribution in [0.3, 0.4) is 0 Å². The molecule has 0 bridgehead atoms. The van der Waals surface area contributed by atoms with Gasteiger partial charge in [-0.2, -0.15) is 0 Å². The molecule has 116 valence electrons. The maximum atomic E-state index is 11.9. The molecule has 0 saturated heterocycles. The first-order valence-electron chi connectivity index (χ1n) is 6.66. The second-order valence-corrected chi connectivity index (χ2v) is 5.79. The summed E-state index contributed by atoms with van der Waals surface area (Å²) < 4.78 is 0. The number of nitrogens with zero attached hydrogens (tertiary/aromatic N) is 2. The molecule has 0 aliphatic heterocycles. The lowest BCUT2D eigenvalue weighted by Gasteiger charge is -2.12. The zero-order chi connectivity index (χ0) is 16.1. The molecule has 0 aliphatic carbocycles. The second-order valence-electron chi connectivity index (χ2n) is 4.86. The molecule has 0 fully saturated rings. The number of thiazole rings is 1. The number of aryl methyl sites for hydroxylation is 1. The first-order valence-corrected chi connectivity index (χ1v) is 7.54. The van der Waals surface area contributed by atoms with E-state index in [0.717, 1.165) is 5.01 Å². The highest BCUT2D eigenvalue weighted by atomic mass is 32.1. The number of nitro benzene ring substituents is 1. The van der Waals surface area contributed by atoms with Crippen molar-refractivity contribution < 1.29 is 9.72 Å². The molecule has 2 N–H and O–H groups in total. The standard InChI is InChI=1S/C14H16N4O3S/c1-9-7-11(18(20)21)3-4-12(9)17-14(19)16-8-10(2)13-15-5-6-22-13/h3-7,10H,8H2,1-2H3,(H2,16,17,19). The van der Waals surface area contributed by atoms with Gasteiger partial charge in [0.15, 0.2) is 0 Å². The normalized spacial score (nSPS) is 11.7.